The van der Waals surface area contributed by atoms with Crippen molar-refractivity contribution in [3.8, 4) is 5.75 Å². The molecule has 3 N–H and O–H groups in total. The Balaban J connectivity index is 3.13. The summed E-state index contributed by atoms with van der Waals surface area (Å²) in [5.74, 6) is -1.37. The molecule has 0 fully saturated rings. The molecular formula is C8H8ClNO5S. The Morgan fingerprint density at radius 2 is 2.12 bits per heavy atom. The van der Waals surface area contributed by atoms with Crippen LogP contribution in [0, 0.1) is 0 Å². The first-order valence-corrected chi connectivity index (χ1v) is 5.90. The Bertz CT molecular complexity index is 513. The van der Waals surface area contributed by atoms with Gasteiger partial charge in [-0.15, -0.1) is 0 Å². The van der Waals surface area contributed by atoms with Crippen molar-refractivity contribution >= 4 is 27.6 Å². The quantitative estimate of drug-likeness (QED) is 0.822. The third-order valence-electron chi connectivity index (χ3n) is 1.56. The van der Waals surface area contributed by atoms with Gasteiger partial charge in [-0.2, -0.15) is 0 Å². The molecule has 0 aromatic heterocycles. The van der Waals surface area contributed by atoms with Crippen LogP contribution in [0.4, 0.5) is 0 Å². The SMILES string of the molecule is NS(=O)(=O)c1cc(Cl)ccc1OCC(=O)O. The number of primary sulfonamides is 1. The van der Waals surface area contributed by atoms with E-state index in [1.807, 2.05) is 0 Å². The summed E-state index contributed by atoms with van der Waals surface area (Å²) in [6.07, 6.45) is 0. The maximum atomic E-state index is 11.1. The number of hydrogen-bond acceptors (Lipinski definition) is 4. The van der Waals surface area contributed by atoms with Crippen molar-refractivity contribution in [2.24, 2.45) is 5.14 Å². The highest BCUT2D eigenvalue weighted by atomic mass is 35.5. The maximum Gasteiger partial charge on any atom is 0.341 e. The van der Waals surface area contributed by atoms with Crippen molar-refractivity contribution in [2.45, 2.75) is 4.90 Å². The average Bonchev–Trinajstić information content (AvgIpc) is 2.14. The zero-order valence-corrected chi connectivity index (χ0v) is 9.46. The molecule has 0 atom stereocenters. The maximum absolute atomic E-state index is 11.1. The number of rotatable bonds is 4. The number of carboxylic acids is 1. The summed E-state index contributed by atoms with van der Waals surface area (Å²) in [5.41, 5.74) is 0. The lowest BCUT2D eigenvalue weighted by Crippen LogP contribution is -2.16. The zero-order chi connectivity index (χ0) is 12.3. The normalized spacial score (nSPS) is 11.1. The monoisotopic (exact) mass is 265 g/mol. The molecule has 1 aromatic rings. The van der Waals surface area contributed by atoms with E-state index in [4.69, 9.17) is 26.6 Å². The summed E-state index contributed by atoms with van der Waals surface area (Å²) >= 11 is 5.59. The van der Waals surface area contributed by atoms with Crippen LogP contribution in [0.15, 0.2) is 23.1 Å². The number of halogens is 1. The molecule has 88 valence electrons. The summed E-state index contributed by atoms with van der Waals surface area (Å²) in [6.45, 7) is -0.663. The molecular weight excluding hydrogens is 258 g/mol. The average molecular weight is 266 g/mol. The molecule has 0 spiro atoms. The third-order valence-corrected chi connectivity index (χ3v) is 2.73. The van der Waals surface area contributed by atoms with Crippen molar-refractivity contribution in [3.63, 3.8) is 0 Å². The molecule has 6 nitrogen and oxygen atoms in total. The third kappa shape index (κ3) is 3.37. The Kier molecular flexibility index (Phi) is 3.74. The second-order valence-corrected chi connectivity index (χ2v) is 4.78. The largest absolute Gasteiger partial charge is 0.480 e. The summed E-state index contributed by atoms with van der Waals surface area (Å²) in [4.78, 5) is 9.92. The van der Waals surface area contributed by atoms with Crippen LogP contribution in [0.25, 0.3) is 0 Å². The number of nitrogens with two attached hydrogens (primary N) is 1. The van der Waals surface area contributed by atoms with Crippen LogP contribution in [-0.4, -0.2) is 26.1 Å². The van der Waals surface area contributed by atoms with Crippen LogP contribution >= 0.6 is 11.6 Å². The van der Waals surface area contributed by atoms with E-state index >= 15 is 0 Å². The second kappa shape index (κ2) is 4.69. The van der Waals surface area contributed by atoms with Crippen molar-refractivity contribution in [1.82, 2.24) is 0 Å². The van der Waals surface area contributed by atoms with E-state index in [2.05, 4.69) is 0 Å². The van der Waals surface area contributed by atoms with Crippen LogP contribution in [0.3, 0.4) is 0 Å². The summed E-state index contributed by atoms with van der Waals surface area (Å²) < 4.78 is 27.0. The summed E-state index contributed by atoms with van der Waals surface area (Å²) in [5, 5.41) is 13.5. The first-order valence-electron chi connectivity index (χ1n) is 3.97. The van der Waals surface area contributed by atoms with E-state index in [0.29, 0.717) is 0 Å². The number of aliphatic carboxylic acids is 1. The molecule has 8 heteroatoms. The van der Waals surface area contributed by atoms with Gasteiger partial charge in [-0.3, -0.25) is 0 Å². The molecule has 0 unspecified atom stereocenters. The molecule has 0 amide bonds. The van der Waals surface area contributed by atoms with Gasteiger partial charge in [0.2, 0.25) is 10.0 Å². The Labute approximate surface area is 96.6 Å². The van der Waals surface area contributed by atoms with Gasteiger partial charge in [0.25, 0.3) is 0 Å². The predicted octanol–water partition coefficient (Wildman–Crippen LogP) is 0.451. The lowest BCUT2D eigenvalue weighted by molar-refractivity contribution is -0.139. The number of carboxylic acid groups (broad SMARTS) is 1. The van der Waals surface area contributed by atoms with E-state index < -0.39 is 22.6 Å². The van der Waals surface area contributed by atoms with Gasteiger partial charge in [-0.1, -0.05) is 11.6 Å². The molecule has 16 heavy (non-hydrogen) atoms. The molecule has 0 saturated carbocycles. The fraction of sp³-hybridized carbons (Fsp3) is 0.125. The van der Waals surface area contributed by atoms with Gasteiger partial charge in [0.15, 0.2) is 6.61 Å². The van der Waals surface area contributed by atoms with E-state index in [1.54, 1.807) is 0 Å². The molecule has 1 rings (SSSR count). The predicted molar refractivity (Wildman–Crippen MR) is 56.0 cm³/mol. The van der Waals surface area contributed by atoms with Crippen molar-refractivity contribution in [2.75, 3.05) is 6.61 Å². The molecule has 0 aliphatic rings. The minimum atomic E-state index is -4.01. The molecule has 0 aliphatic carbocycles. The minimum absolute atomic E-state index is 0.144. The number of benzene rings is 1. The number of ether oxygens (including phenoxy) is 1. The van der Waals surface area contributed by atoms with E-state index in [9.17, 15) is 13.2 Å². The van der Waals surface area contributed by atoms with Gasteiger partial charge < -0.3 is 9.84 Å². The summed E-state index contributed by atoms with van der Waals surface area (Å²) in [7, 11) is -4.01. The van der Waals surface area contributed by atoms with Crippen molar-refractivity contribution < 1.29 is 23.1 Å². The molecule has 0 radical (unpaired) electrons. The molecule has 1 aromatic carbocycles. The topological polar surface area (TPSA) is 107 Å². The fourth-order valence-electron chi connectivity index (χ4n) is 0.963. The highest BCUT2D eigenvalue weighted by Crippen LogP contribution is 2.26. The lowest BCUT2D eigenvalue weighted by atomic mass is 10.3. The van der Waals surface area contributed by atoms with E-state index in [0.717, 1.165) is 6.07 Å². The summed E-state index contributed by atoms with van der Waals surface area (Å²) in [6, 6.07) is 3.70. The van der Waals surface area contributed by atoms with Crippen LogP contribution in [0.2, 0.25) is 5.02 Å². The van der Waals surface area contributed by atoms with Gasteiger partial charge in [0.1, 0.15) is 10.6 Å². The zero-order valence-electron chi connectivity index (χ0n) is 7.88. The fourth-order valence-corrected chi connectivity index (χ4v) is 1.90. The number of hydrogen-bond donors (Lipinski definition) is 2. The first kappa shape index (κ1) is 12.8. The van der Waals surface area contributed by atoms with Gasteiger partial charge >= 0.3 is 5.97 Å². The van der Waals surface area contributed by atoms with E-state index in [-0.39, 0.29) is 15.7 Å². The smallest absolute Gasteiger partial charge is 0.341 e. The van der Waals surface area contributed by atoms with Gasteiger partial charge in [-0.25, -0.2) is 18.4 Å². The van der Waals surface area contributed by atoms with Crippen LogP contribution < -0.4 is 9.88 Å². The van der Waals surface area contributed by atoms with Crippen LogP contribution in [0.5, 0.6) is 5.75 Å². The lowest BCUT2D eigenvalue weighted by Gasteiger charge is -2.08. The standard InChI is InChI=1S/C8H8ClNO5S/c9-5-1-2-6(15-4-8(11)12)7(3-5)16(10,13)14/h1-3H,4H2,(H,11,12)(H2,10,13,14). The van der Waals surface area contributed by atoms with Crippen molar-refractivity contribution in [1.29, 1.82) is 0 Å². The Morgan fingerprint density at radius 3 is 2.62 bits per heavy atom. The van der Waals surface area contributed by atoms with Gasteiger partial charge in [-0.05, 0) is 18.2 Å². The second-order valence-electron chi connectivity index (χ2n) is 2.82. The Morgan fingerprint density at radius 1 is 1.50 bits per heavy atom. The Hall–Kier alpha value is -1.31. The number of carbonyl (C=O) groups is 1. The number of sulfonamides is 1. The minimum Gasteiger partial charge on any atom is -0.480 e. The van der Waals surface area contributed by atoms with Crippen molar-refractivity contribution in [3.05, 3.63) is 23.2 Å². The first-order chi connectivity index (χ1) is 7.30. The van der Waals surface area contributed by atoms with Crippen LogP contribution in [0.1, 0.15) is 0 Å². The highest BCUT2D eigenvalue weighted by molar-refractivity contribution is 7.89. The molecule has 0 heterocycles. The van der Waals surface area contributed by atoms with Gasteiger partial charge in [0.05, 0.1) is 0 Å². The molecule has 0 aliphatic heterocycles. The van der Waals surface area contributed by atoms with Crippen LogP contribution in [-0.2, 0) is 14.8 Å². The van der Waals surface area contributed by atoms with E-state index in [1.165, 1.54) is 12.1 Å². The molecule has 0 bridgehead atoms. The highest BCUT2D eigenvalue weighted by Gasteiger charge is 2.16. The van der Waals surface area contributed by atoms with Gasteiger partial charge in [0, 0.05) is 5.02 Å². The molecule has 0 saturated heterocycles.